The molecule has 0 saturated heterocycles. The van der Waals surface area contributed by atoms with E-state index in [9.17, 15) is 9.18 Å². The largest absolute Gasteiger partial charge is 0.356 e. The third-order valence-corrected chi connectivity index (χ3v) is 4.32. The molecule has 0 spiro atoms. The van der Waals surface area contributed by atoms with Crippen LogP contribution in [0.3, 0.4) is 0 Å². The van der Waals surface area contributed by atoms with E-state index in [-0.39, 0.29) is 24.1 Å². The predicted molar refractivity (Wildman–Crippen MR) is 96.1 cm³/mol. The maximum atomic E-state index is 13.8. The minimum Gasteiger partial charge on any atom is -0.356 e. The van der Waals surface area contributed by atoms with Gasteiger partial charge in [0.05, 0.1) is 5.69 Å². The minimum absolute atomic E-state index is 0.0420. The monoisotopic (exact) mass is 339 g/mol. The lowest BCUT2D eigenvalue weighted by Crippen LogP contribution is -2.26. The van der Waals surface area contributed by atoms with Crippen molar-refractivity contribution in [1.29, 1.82) is 0 Å². The minimum atomic E-state index is -0.304. The molecular weight excluding hydrogens is 317 g/mol. The molecule has 2 aromatic heterocycles. The summed E-state index contributed by atoms with van der Waals surface area (Å²) in [7, 11) is 0. The highest BCUT2D eigenvalue weighted by Crippen LogP contribution is 2.30. The quantitative estimate of drug-likeness (QED) is 0.742. The Morgan fingerprint density at radius 3 is 2.84 bits per heavy atom. The van der Waals surface area contributed by atoms with Crippen molar-refractivity contribution in [2.24, 2.45) is 0 Å². The molecule has 5 heteroatoms. The Morgan fingerprint density at radius 2 is 2.08 bits per heavy atom. The highest BCUT2D eigenvalue weighted by atomic mass is 19.1. The van der Waals surface area contributed by atoms with Gasteiger partial charge in [0, 0.05) is 30.8 Å². The number of nitrogens with one attached hydrogen (secondary N) is 1. The lowest BCUT2D eigenvalue weighted by atomic mass is 9.92. The van der Waals surface area contributed by atoms with Crippen LogP contribution < -0.4 is 5.32 Å². The van der Waals surface area contributed by atoms with Crippen LogP contribution in [0.1, 0.15) is 42.6 Å². The molecule has 0 aliphatic heterocycles. The molecule has 25 heavy (non-hydrogen) atoms. The predicted octanol–water partition coefficient (Wildman–Crippen LogP) is 3.83. The van der Waals surface area contributed by atoms with E-state index < -0.39 is 0 Å². The fourth-order valence-corrected chi connectivity index (χ4v) is 3.11. The Bertz CT molecular complexity index is 888. The van der Waals surface area contributed by atoms with Crippen molar-refractivity contribution in [3.8, 4) is 0 Å². The van der Waals surface area contributed by atoms with Gasteiger partial charge in [-0.25, -0.2) is 9.37 Å². The fraction of sp³-hybridized carbons (Fsp3) is 0.300. The van der Waals surface area contributed by atoms with E-state index >= 15 is 0 Å². The number of nitrogens with zero attached hydrogens (tertiary/aromatic N) is 2. The van der Waals surface area contributed by atoms with Crippen molar-refractivity contribution < 1.29 is 9.18 Å². The highest BCUT2D eigenvalue weighted by Gasteiger charge is 2.22. The van der Waals surface area contributed by atoms with Crippen molar-refractivity contribution in [3.63, 3.8) is 0 Å². The summed E-state index contributed by atoms with van der Waals surface area (Å²) in [6.45, 7) is 4.65. The summed E-state index contributed by atoms with van der Waals surface area (Å²) in [4.78, 5) is 16.8. The molecule has 0 fully saturated rings. The summed E-state index contributed by atoms with van der Waals surface area (Å²) < 4.78 is 15.8. The maximum Gasteiger partial charge on any atom is 0.221 e. The number of carbonyl (C=O) groups is 1. The summed E-state index contributed by atoms with van der Waals surface area (Å²) in [5.74, 6) is -0.606. The van der Waals surface area contributed by atoms with Gasteiger partial charge in [-0.15, -0.1) is 0 Å². The van der Waals surface area contributed by atoms with Crippen LogP contribution in [0.4, 0.5) is 4.39 Å². The molecule has 0 radical (unpaired) electrons. The zero-order valence-electron chi connectivity index (χ0n) is 14.5. The smallest absolute Gasteiger partial charge is 0.221 e. The number of amides is 1. The molecule has 3 aromatic rings. The number of pyridine rings is 1. The van der Waals surface area contributed by atoms with Crippen molar-refractivity contribution >= 4 is 11.6 Å². The normalized spacial score (nSPS) is 12.3. The standard InChI is InChI=1S/C20H22FN3O/c1-3-10-22-20(25)12-17(15-7-5-8-16(21)11-15)18-13-23-19-9-4-6-14(2)24(18)19/h4-9,11,13,17H,3,10,12H2,1-2H3,(H,22,25). The van der Waals surface area contributed by atoms with Crippen molar-refractivity contribution in [2.75, 3.05) is 6.54 Å². The number of aryl methyl sites for hydroxylation is 1. The first-order valence-electron chi connectivity index (χ1n) is 8.55. The summed E-state index contributed by atoms with van der Waals surface area (Å²) in [6, 6.07) is 12.3. The average molecular weight is 339 g/mol. The first-order valence-corrected chi connectivity index (χ1v) is 8.55. The number of imidazole rings is 1. The van der Waals surface area contributed by atoms with Gasteiger partial charge >= 0.3 is 0 Å². The summed E-state index contributed by atoms with van der Waals surface area (Å²) >= 11 is 0. The van der Waals surface area contributed by atoms with Gasteiger partial charge in [0.2, 0.25) is 5.91 Å². The first-order chi connectivity index (χ1) is 12.1. The summed E-state index contributed by atoms with van der Waals surface area (Å²) in [6.07, 6.45) is 2.92. The number of benzene rings is 1. The van der Waals surface area contributed by atoms with Crippen molar-refractivity contribution in [1.82, 2.24) is 14.7 Å². The van der Waals surface area contributed by atoms with Gasteiger partial charge < -0.3 is 9.72 Å². The van der Waals surface area contributed by atoms with E-state index in [1.165, 1.54) is 12.1 Å². The molecule has 1 unspecified atom stereocenters. The van der Waals surface area contributed by atoms with Crippen LogP contribution in [0.15, 0.2) is 48.7 Å². The van der Waals surface area contributed by atoms with Gasteiger partial charge in [-0.1, -0.05) is 25.1 Å². The molecule has 1 N–H and O–H groups in total. The lowest BCUT2D eigenvalue weighted by molar-refractivity contribution is -0.121. The first kappa shape index (κ1) is 17.1. The number of halogens is 1. The van der Waals surface area contributed by atoms with E-state index in [4.69, 9.17) is 0 Å². The highest BCUT2D eigenvalue weighted by molar-refractivity contribution is 5.77. The molecule has 130 valence electrons. The number of hydrogen-bond acceptors (Lipinski definition) is 2. The second-order valence-electron chi connectivity index (χ2n) is 6.21. The number of aromatic nitrogens is 2. The van der Waals surface area contributed by atoms with Gasteiger partial charge in [-0.2, -0.15) is 0 Å². The Balaban J connectivity index is 2.05. The van der Waals surface area contributed by atoms with Crippen molar-refractivity contribution in [3.05, 3.63) is 71.4 Å². The SMILES string of the molecule is CCCNC(=O)CC(c1cccc(F)c1)c1cnc2cccc(C)n12. The molecule has 0 aliphatic carbocycles. The van der Waals surface area contributed by atoms with Gasteiger partial charge in [0.15, 0.2) is 0 Å². The molecule has 1 aromatic carbocycles. The summed E-state index contributed by atoms with van der Waals surface area (Å²) in [5.41, 5.74) is 3.52. The third kappa shape index (κ3) is 3.71. The molecule has 4 nitrogen and oxygen atoms in total. The van der Waals surface area contributed by atoms with Gasteiger partial charge in [-0.3, -0.25) is 4.79 Å². The van der Waals surface area contributed by atoms with Gasteiger partial charge in [0.1, 0.15) is 11.5 Å². The van der Waals surface area contributed by atoms with Crippen LogP contribution in [-0.4, -0.2) is 21.8 Å². The van der Waals surface area contributed by atoms with E-state index in [0.717, 1.165) is 29.0 Å². The van der Waals surface area contributed by atoms with Crippen molar-refractivity contribution in [2.45, 2.75) is 32.6 Å². The molecule has 0 saturated carbocycles. The van der Waals surface area contributed by atoms with E-state index in [2.05, 4.69) is 10.3 Å². The van der Waals surface area contributed by atoms with E-state index in [0.29, 0.717) is 6.54 Å². The second-order valence-corrected chi connectivity index (χ2v) is 6.21. The average Bonchev–Trinajstić information content (AvgIpc) is 3.03. The molecule has 1 amide bonds. The van der Waals surface area contributed by atoms with Crippen LogP contribution in [0.25, 0.3) is 5.65 Å². The number of rotatable bonds is 6. The zero-order valence-corrected chi connectivity index (χ0v) is 14.5. The van der Waals surface area contributed by atoms with Crippen LogP contribution in [0, 0.1) is 12.7 Å². The maximum absolute atomic E-state index is 13.8. The van der Waals surface area contributed by atoms with Crippen LogP contribution in [0.2, 0.25) is 0 Å². The second kappa shape index (κ2) is 7.47. The zero-order chi connectivity index (χ0) is 17.8. The lowest BCUT2D eigenvalue weighted by Gasteiger charge is -2.18. The van der Waals surface area contributed by atoms with Crippen LogP contribution >= 0.6 is 0 Å². The number of fused-ring (bicyclic) bond motifs is 1. The Kier molecular flexibility index (Phi) is 5.12. The molecule has 3 rings (SSSR count). The Morgan fingerprint density at radius 1 is 1.28 bits per heavy atom. The topological polar surface area (TPSA) is 46.4 Å². The van der Waals surface area contributed by atoms with E-state index in [1.54, 1.807) is 12.3 Å². The third-order valence-electron chi connectivity index (χ3n) is 4.32. The van der Waals surface area contributed by atoms with Gasteiger partial charge in [0.25, 0.3) is 0 Å². The number of carbonyl (C=O) groups excluding carboxylic acids is 1. The molecule has 0 bridgehead atoms. The molecule has 1 atom stereocenters. The number of hydrogen-bond donors (Lipinski definition) is 1. The van der Waals surface area contributed by atoms with Crippen LogP contribution in [0.5, 0.6) is 0 Å². The van der Waals surface area contributed by atoms with E-state index in [1.807, 2.05) is 42.5 Å². The molecule has 2 heterocycles. The van der Waals surface area contributed by atoms with Crippen LogP contribution in [-0.2, 0) is 4.79 Å². The fourth-order valence-electron chi connectivity index (χ4n) is 3.11. The Hall–Kier alpha value is -2.69. The Labute approximate surface area is 146 Å². The summed E-state index contributed by atoms with van der Waals surface area (Å²) in [5, 5.41) is 2.91. The molecule has 0 aliphatic rings. The van der Waals surface area contributed by atoms with Gasteiger partial charge in [-0.05, 0) is 43.2 Å². The molecular formula is C20H22FN3O.